The molecule has 9 heteroatoms. The van der Waals surface area contributed by atoms with E-state index in [4.69, 9.17) is 21.7 Å². The highest BCUT2D eigenvalue weighted by molar-refractivity contribution is 7.80. The molecular weight excluding hydrogens is 450 g/mol. The molecule has 34 heavy (non-hydrogen) atoms. The Labute approximate surface area is 207 Å². The molecule has 2 aromatic heterocycles. The quantitative estimate of drug-likeness (QED) is 0.430. The molecule has 4 rings (SSSR count). The summed E-state index contributed by atoms with van der Waals surface area (Å²) in [6, 6.07) is 7.83. The van der Waals surface area contributed by atoms with Crippen LogP contribution in [-0.4, -0.2) is 76.4 Å². The molecule has 1 N–H and O–H groups in total. The molecule has 0 unspecified atom stereocenters. The lowest BCUT2D eigenvalue weighted by Crippen LogP contribution is -2.37. The Hall–Kier alpha value is -2.49. The Bertz CT molecular complexity index is 990. The van der Waals surface area contributed by atoms with Crippen LogP contribution in [-0.2, 0) is 20.8 Å². The van der Waals surface area contributed by atoms with Crippen LogP contribution in [0.25, 0.3) is 0 Å². The van der Waals surface area contributed by atoms with E-state index in [0.717, 1.165) is 57.1 Å². The molecule has 2 saturated heterocycles. The maximum atomic E-state index is 12.4. The molecule has 2 aromatic rings. The second-order valence-corrected chi connectivity index (χ2v) is 9.23. The summed E-state index contributed by atoms with van der Waals surface area (Å²) in [5, 5.41) is 3.96. The zero-order valence-electron chi connectivity index (χ0n) is 20.3. The summed E-state index contributed by atoms with van der Waals surface area (Å²) in [4.78, 5) is 21.4. The molecule has 8 nitrogen and oxygen atoms in total. The lowest BCUT2D eigenvalue weighted by Gasteiger charge is -2.28. The molecule has 2 aliphatic rings. The maximum Gasteiger partial charge on any atom is 0.325 e. The molecule has 0 spiro atoms. The van der Waals surface area contributed by atoms with Gasteiger partial charge in [0.25, 0.3) is 0 Å². The van der Waals surface area contributed by atoms with E-state index >= 15 is 0 Å². The van der Waals surface area contributed by atoms with E-state index in [-0.39, 0.29) is 24.6 Å². The maximum absolute atomic E-state index is 12.4. The van der Waals surface area contributed by atoms with Gasteiger partial charge in [0, 0.05) is 43.8 Å². The van der Waals surface area contributed by atoms with Crippen LogP contribution in [0.1, 0.15) is 48.1 Å². The number of carbonyl (C=O) groups is 1. The molecule has 184 valence electrons. The van der Waals surface area contributed by atoms with E-state index < -0.39 is 0 Å². The number of aromatic nitrogens is 2. The summed E-state index contributed by atoms with van der Waals surface area (Å²) in [6.45, 7) is 12.3. The van der Waals surface area contributed by atoms with E-state index in [0.29, 0.717) is 11.7 Å². The average Bonchev–Trinajstić information content (AvgIpc) is 3.31. The number of rotatable bonds is 9. The third-order valence-corrected chi connectivity index (χ3v) is 7.05. The predicted octanol–water partition coefficient (Wildman–Crippen LogP) is 2.76. The second-order valence-electron chi connectivity index (χ2n) is 8.85. The van der Waals surface area contributed by atoms with Crippen molar-refractivity contribution in [1.82, 2.24) is 24.7 Å². The van der Waals surface area contributed by atoms with Crippen molar-refractivity contribution in [2.45, 2.75) is 45.8 Å². The fraction of sp³-hybridized carbons (Fsp3) is 0.560. The van der Waals surface area contributed by atoms with Crippen LogP contribution in [0.5, 0.6) is 0 Å². The van der Waals surface area contributed by atoms with Crippen molar-refractivity contribution in [1.29, 1.82) is 0 Å². The van der Waals surface area contributed by atoms with Gasteiger partial charge in [-0.15, -0.1) is 0 Å². The molecule has 0 bridgehead atoms. The molecule has 2 fully saturated rings. The van der Waals surface area contributed by atoms with Gasteiger partial charge in [0.15, 0.2) is 5.11 Å². The fourth-order valence-electron chi connectivity index (χ4n) is 5.01. The van der Waals surface area contributed by atoms with Gasteiger partial charge in [-0.05, 0) is 63.2 Å². The summed E-state index contributed by atoms with van der Waals surface area (Å²) in [6.07, 6.45) is 2.87. The minimum Gasteiger partial charge on any atom is -0.465 e. The van der Waals surface area contributed by atoms with Crippen molar-refractivity contribution in [3.05, 3.63) is 53.1 Å². The van der Waals surface area contributed by atoms with Crippen LogP contribution < -0.4 is 5.32 Å². The predicted molar refractivity (Wildman–Crippen MR) is 135 cm³/mol. The minimum absolute atomic E-state index is 0.106. The summed E-state index contributed by atoms with van der Waals surface area (Å²) in [5.74, 6) is -0.280. The molecule has 0 amide bonds. The Kier molecular flexibility index (Phi) is 8.18. The van der Waals surface area contributed by atoms with E-state index in [1.807, 2.05) is 30.0 Å². The van der Waals surface area contributed by atoms with Gasteiger partial charge < -0.3 is 24.3 Å². The first-order chi connectivity index (χ1) is 16.5. The second kappa shape index (κ2) is 11.3. The monoisotopic (exact) mass is 485 g/mol. The lowest BCUT2D eigenvalue weighted by atomic mass is 9.97. The number of aryl methyl sites for hydroxylation is 1. The highest BCUT2D eigenvalue weighted by Gasteiger charge is 2.42. The van der Waals surface area contributed by atoms with E-state index in [9.17, 15) is 4.79 Å². The first kappa shape index (κ1) is 24.6. The van der Waals surface area contributed by atoms with Gasteiger partial charge in [-0.3, -0.25) is 14.7 Å². The molecule has 4 heterocycles. The van der Waals surface area contributed by atoms with Gasteiger partial charge >= 0.3 is 5.97 Å². The van der Waals surface area contributed by atoms with Gasteiger partial charge in [0.05, 0.1) is 37.6 Å². The van der Waals surface area contributed by atoms with Gasteiger partial charge in [0.1, 0.15) is 6.54 Å². The van der Waals surface area contributed by atoms with Crippen LogP contribution in [0.4, 0.5) is 0 Å². The number of ether oxygens (including phenoxy) is 2. The van der Waals surface area contributed by atoms with Gasteiger partial charge in [-0.1, -0.05) is 6.07 Å². The van der Waals surface area contributed by atoms with E-state index in [1.54, 1.807) is 6.20 Å². The van der Waals surface area contributed by atoms with Crippen LogP contribution >= 0.6 is 12.2 Å². The summed E-state index contributed by atoms with van der Waals surface area (Å²) in [5.41, 5.74) is 4.48. The van der Waals surface area contributed by atoms with Crippen LogP contribution in [0, 0.1) is 13.8 Å². The number of hydrogen-bond donors (Lipinski definition) is 1. The third-order valence-electron chi connectivity index (χ3n) is 6.69. The number of pyridine rings is 1. The smallest absolute Gasteiger partial charge is 0.325 e. The van der Waals surface area contributed by atoms with Crippen molar-refractivity contribution >= 4 is 23.3 Å². The van der Waals surface area contributed by atoms with Crippen molar-refractivity contribution in [2.24, 2.45) is 0 Å². The lowest BCUT2D eigenvalue weighted by molar-refractivity contribution is -0.143. The molecule has 0 aliphatic carbocycles. The van der Waals surface area contributed by atoms with Crippen molar-refractivity contribution in [3.8, 4) is 0 Å². The zero-order chi connectivity index (χ0) is 24.1. The SMILES string of the molecule is CCOC(=O)CN1C(=S)N[C@@H](c2ccccn2)[C@@H]1c1cc(C)n(CCCN2CCOCC2)c1C. The summed E-state index contributed by atoms with van der Waals surface area (Å²) >= 11 is 5.68. The van der Waals surface area contributed by atoms with E-state index in [2.05, 4.69) is 39.7 Å². The zero-order valence-corrected chi connectivity index (χ0v) is 21.1. The van der Waals surface area contributed by atoms with E-state index in [1.165, 1.54) is 11.4 Å². The molecule has 2 aliphatic heterocycles. The van der Waals surface area contributed by atoms with Gasteiger partial charge in [-0.25, -0.2) is 0 Å². The summed E-state index contributed by atoms with van der Waals surface area (Å²) in [7, 11) is 0. The largest absolute Gasteiger partial charge is 0.465 e. The van der Waals surface area contributed by atoms with Crippen molar-refractivity contribution in [3.63, 3.8) is 0 Å². The number of nitrogens with one attached hydrogen (secondary N) is 1. The number of thiocarbonyl (C=S) groups is 1. The van der Waals surface area contributed by atoms with Gasteiger partial charge in [0.2, 0.25) is 0 Å². The number of hydrogen-bond acceptors (Lipinski definition) is 6. The first-order valence-corrected chi connectivity index (χ1v) is 12.5. The average molecular weight is 486 g/mol. The molecule has 0 radical (unpaired) electrons. The molecule has 0 aromatic carbocycles. The number of esters is 1. The van der Waals surface area contributed by atoms with Crippen molar-refractivity contribution in [2.75, 3.05) is 46.0 Å². The Morgan fingerprint density at radius 2 is 2.06 bits per heavy atom. The first-order valence-electron chi connectivity index (χ1n) is 12.1. The standard InChI is InChI=1S/C25H35N5O3S/c1-4-33-22(31)17-30-24(23(27-25(30)34)21-8-5-6-9-26-21)20-16-18(2)29(19(20)3)11-7-10-28-12-14-32-15-13-28/h5-6,8-9,16,23-24H,4,7,10-15,17H2,1-3H3,(H,27,34)/t23-,24-/m0/s1. The highest BCUT2D eigenvalue weighted by Crippen LogP contribution is 2.40. The van der Waals surface area contributed by atoms with Crippen LogP contribution in [0.15, 0.2) is 30.5 Å². The van der Waals surface area contributed by atoms with Crippen LogP contribution in [0.2, 0.25) is 0 Å². The number of carbonyl (C=O) groups excluding carboxylic acids is 1. The summed E-state index contributed by atoms with van der Waals surface area (Å²) < 4.78 is 13.1. The number of morpholine rings is 1. The van der Waals surface area contributed by atoms with Crippen LogP contribution in [0.3, 0.4) is 0 Å². The highest BCUT2D eigenvalue weighted by atomic mass is 32.1. The topological polar surface area (TPSA) is 71.9 Å². The Morgan fingerprint density at radius 1 is 1.26 bits per heavy atom. The fourth-order valence-corrected chi connectivity index (χ4v) is 5.31. The molecule has 0 saturated carbocycles. The van der Waals surface area contributed by atoms with Crippen molar-refractivity contribution < 1.29 is 14.3 Å². The third kappa shape index (κ3) is 5.42. The molecule has 2 atom stereocenters. The Morgan fingerprint density at radius 3 is 2.76 bits per heavy atom. The number of nitrogens with zero attached hydrogens (tertiary/aromatic N) is 4. The molecular formula is C25H35N5O3S. The Balaban J connectivity index is 1.59. The minimum atomic E-state index is -0.280. The van der Waals surface area contributed by atoms with Gasteiger partial charge in [-0.2, -0.15) is 0 Å². The normalized spacial score (nSPS) is 21.0.